The monoisotopic (exact) mass is 382 g/mol. The number of carboxylic acid groups (broad SMARTS) is 1. The first-order valence-corrected chi connectivity index (χ1v) is 9.22. The summed E-state index contributed by atoms with van der Waals surface area (Å²) in [5.74, 6) is -1.71. The number of hydrogen-bond donors (Lipinski definition) is 2. The number of carbonyl (C=O) groups excluding carboxylic acids is 3. The van der Waals surface area contributed by atoms with Crippen LogP contribution in [0, 0.1) is 0 Å². The molecule has 2 amide bonds. The average molecular weight is 382 g/mol. The fourth-order valence-electron chi connectivity index (χ4n) is 2.72. The zero-order chi connectivity index (χ0) is 18.0. The highest BCUT2D eigenvalue weighted by Crippen LogP contribution is 2.40. The lowest BCUT2D eigenvalue weighted by molar-refractivity contribution is -0.150. The van der Waals surface area contributed by atoms with E-state index in [0.717, 1.165) is 9.78 Å². The normalized spacial score (nSPS) is 22.1. The summed E-state index contributed by atoms with van der Waals surface area (Å²) in [6.45, 7) is 0.0544. The second kappa shape index (κ2) is 7.28. The van der Waals surface area contributed by atoms with Crippen LogP contribution >= 0.6 is 23.1 Å². The van der Waals surface area contributed by atoms with Gasteiger partial charge in [-0.25, -0.2) is 4.79 Å². The summed E-state index contributed by atoms with van der Waals surface area (Å²) in [5, 5.41) is 13.5. The quantitative estimate of drug-likeness (QED) is 0.512. The van der Waals surface area contributed by atoms with Crippen LogP contribution in [-0.2, 0) is 30.3 Å². The minimum Gasteiger partial charge on any atom is -0.477 e. The largest absolute Gasteiger partial charge is 0.477 e. The van der Waals surface area contributed by atoms with Crippen molar-refractivity contribution in [3.8, 4) is 0 Å². The first-order chi connectivity index (χ1) is 12.0. The summed E-state index contributed by atoms with van der Waals surface area (Å²) in [6, 6.07) is 2.92. The van der Waals surface area contributed by atoms with Crippen molar-refractivity contribution in [3.05, 3.63) is 33.7 Å². The molecule has 2 aliphatic heterocycles. The average Bonchev–Trinajstić information content (AvgIpc) is 3.09. The molecule has 1 aromatic heterocycles. The van der Waals surface area contributed by atoms with Crippen molar-refractivity contribution in [2.45, 2.75) is 17.8 Å². The van der Waals surface area contributed by atoms with Gasteiger partial charge in [0.05, 0.1) is 6.42 Å². The number of thiophene rings is 1. The number of aliphatic carboxylic acids is 1. The van der Waals surface area contributed by atoms with Crippen LogP contribution in [0.4, 0.5) is 0 Å². The number of β-lactam (4-membered cyclic amide) rings is 1. The van der Waals surface area contributed by atoms with Crippen molar-refractivity contribution < 1.29 is 29.0 Å². The molecular formula is C15H14N2O6S2. The molecule has 2 atom stereocenters. The number of ether oxygens (including phenoxy) is 1. The highest BCUT2D eigenvalue weighted by atomic mass is 32.2. The van der Waals surface area contributed by atoms with E-state index in [2.05, 4.69) is 10.1 Å². The molecule has 3 heterocycles. The van der Waals surface area contributed by atoms with Gasteiger partial charge in [-0.15, -0.1) is 23.1 Å². The second-order valence-corrected chi connectivity index (χ2v) is 7.51. The fraction of sp³-hybridized carbons (Fsp3) is 0.333. The van der Waals surface area contributed by atoms with E-state index >= 15 is 0 Å². The number of thioether (sulfide) groups is 1. The Morgan fingerprint density at radius 2 is 2.28 bits per heavy atom. The van der Waals surface area contributed by atoms with Gasteiger partial charge in [0.2, 0.25) is 5.91 Å². The van der Waals surface area contributed by atoms with E-state index in [1.807, 2.05) is 17.5 Å². The molecular weight excluding hydrogens is 368 g/mol. The Balaban J connectivity index is 1.69. The lowest BCUT2D eigenvalue weighted by Gasteiger charge is -2.49. The summed E-state index contributed by atoms with van der Waals surface area (Å²) in [6.07, 6.45) is 0.179. The number of nitrogens with zero attached hydrogens (tertiary/aromatic N) is 1. The van der Waals surface area contributed by atoms with E-state index < -0.39 is 23.3 Å². The minimum absolute atomic E-state index is 0.167. The van der Waals surface area contributed by atoms with Crippen LogP contribution in [0.3, 0.4) is 0 Å². The van der Waals surface area contributed by atoms with Crippen molar-refractivity contribution >= 4 is 47.4 Å². The Hall–Kier alpha value is -2.33. The molecule has 8 nitrogen and oxygen atoms in total. The van der Waals surface area contributed by atoms with Crippen molar-refractivity contribution in [2.24, 2.45) is 0 Å². The van der Waals surface area contributed by atoms with Crippen LogP contribution in [0.2, 0.25) is 0 Å². The van der Waals surface area contributed by atoms with Gasteiger partial charge >= 0.3 is 5.97 Å². The Bertz CT molecular complexity index is 745. The Labute approximate surface area is 150 Å². The fourth-order valence-corrected chi connectivity index (χ4v) is 4.76. The number of hydrogen-bond acceptors (Lipinski definition) is 7. The topological polar surface area (TPSA) is 113 Å². The summed E-state index contributed by atoms with van der Waals surface area (Å²) >= 11 is 2.78. The van der Waals surface area contributed by atoms with Gasteiger partial charge in [0, 0.05) is 16.2 Å². The number of carboxylic acids is 1. The number of amides is 2. The lowest BCUT2D eigenvalue weighted by atomic mass is 10.0. The predicted molar refractivity (Wildman–Crippen MR) is 89.7 cm³/mol. The highest BCUT2D eigenvalue weighted by molar-refractivity contribution is 8.00. The smallest absolute Gasteiger partial charge is 0.352 e. The van der Waals surface area contributed by atoms with E-state index in [4.69, 9.17) is 0 Å². The van der Waals surface area contributed by atoms with Crippen LogP contribution in [0.15, 0.2) is 28.8 Å². The molecule has 1 fully saturated rings. The van der Waals surface area contributed by atoms with E-state index in [-0.39, 0.29) is 31.1 Å². The molecule has 2 N–H and O–H groups in total. The molecule has 3 rings (SSSR count). The molecule has 10 heteroatoms. The van der Waals surface area contributed by atoms with Crippen molar-refractivity contribution in [3.63, 3.8) is 0 Å². The maximum absolute atomic E-state index is 12.4. The molecule has 0 bridgehead atoms. The van der Waals surface area contributed by atoms with Gasteiger partial charge in [-0.1, -0.05) is 6.07 Å². The first kappa shape index (κ1) is 17.5. The molecule has 0 unspecified atom stereocenters. The SMILES string of the molecule is O=COCC1=C(C(=O)O)N2C(=O)[C@@H](NC(=O)Cc3cccs3)[C@H]2SC1. The van der Waals surface area contributed by atoms with Crippen molar-refractivity contribution in [1.82, 2.24) is 10.2 Å². The maximum Gasteiger partial charge on any atom is 0.352 e. The van der Waals surface area contributed by atoms with Crippen molar-refractivity contribution in [1.29, 1.82) is 0 Å². The molecule has 2 aliphatic rings. The van der Waals surface area contributed by atoms with Gasteiger partial charge in [0.15, 0.2) is 0 Å². The number of rotatable bonds is 7. The molecule has 0 saturated carbocycles. The molecule has 1 saturated heterocycles. The summed E-state index contributed by atoms with van der Waals surface area (Å²) in [5.41, 5.74) is 0.192. The zero-order valence-electron chi connectivity index (χ0n) is 12.8. The van der Waals surface area contributed by atoms with Crippen LogP contribution < -0.4 is 5.32 Å². The number of carbonyl (C=O) groups is 4. The van der Waals surface area contributed by atoms with Gasteiger partial charge in [0.1, 0.15) is 23.7 Å². The molecule has 0 radical (unpaired) electrons. The number of nitrogens with one attached hydrogen (secondary N) is 1. The van der Waals surface area contributed by atoms with E-state index in [9.17, 15) is 24.3 Å². The predicted octanol–water partition coefficient (Wildman–Crippen LogP) is 0.202. The van der Waals surface area contributed by atoms with Crippen LogP contribution in [0.1, 0.15) is 4.88 Å². The molecule has 0 spiro atoms. The molecule has 0 aliphatic carbocycles. The summed E-state index contributed by atoms with van der Waals surface area (Å²) < 4.78 is 4.62. The molecule has 132 valence electrons. The molecule has 25 heavy (non-hydrogen) atoms. The lowest BCUT2D eigenvalue weighted by Crippen LogP contribution is -2.70. The van der Waals surface area contributed by atoms with Crippen LogP contribution in [0.5, 0.6) is 0 Å². The molecule has 0 aromatic carbocycles. The van der Waals surface area contributed by atoms with Gasteiger partial charge < -0.3 is 15.2 Å². The maximum atomic E-state index is 12.4. The van der Waals surface area contributed by atoms with Crippen molar-refractivity contribution in [2.75, 3.05) is 12.4 Å². The third kappa shape index (κ3) is 3.40. The van der Waals surface area contributed by atoms with Gasteiger partial charge in [0.25, 0.3) is 12.4 Å². The third-order valence-corrected chi connectivity index (χ3v) is 6.02. The summed E-state index contributed by atoms with van der Waals surface area (Å²) in [4.78, 5) is 48.3. The van der Waals surface area contributed by atoms with E-state index in [0.29, 0.717) is 11.3 Å². The summed E-state index contributed by atoms with van der Waals surface area (Å²) in [7, 11) is 0. The Morgan fingerprint density at radius 1 is 1.48 bits per heavy atom. The zero-order valence-corrected chi connectivity index (χ0v) is 14.5. The first-order valence-electron chi connectivity index (χ1n) is 7.30. The standard InChI is InChI=1S/C15H14N2O6S2/c18-7-23-5-8-6-25-14-11(13(20)17(14)12(8)15(21)22)16-10(19)4-9-2-1-3-24-9/h1-3,7,11,14H,4-6H2,(H,16,19)(H,21,22)/t11-,14-/m1/s1. The highest BCUT2D eigenvalue weighted by Gasteiger charge is 2.54. The van der Waals surface area contributed by atoms with Gasteiger partial charge in [-0.05, 0) is 11.4 Å². The second-order valence-electron chi connectivity index (χ2n) is 5.38. The van der Waals surface area contributed by atoms with Gasteiger partial charge in [-0.3, -0.25) is 19.3 Å². The van der Waals surface area contributed by atoms with Crippen LogP contribution in [0.25, 0.3) is 0 Å². The minimum atomic E-state index is -1.26. The third-order valence-electron chi connectivity index (χ3n) is 3.81. The Kier molecular flexibility index (Phi) is 5.09. The van der Waals surface area contributed by atoms with Crippen LogP contribution in [-0.4, -0.2) is 58.0 Å². The number of fused-ring (bicyclic) bond motifs is 1. The van der Waals surface area contributed by atoms with E-state index in [1.54, 1.807) is 0 Å². The van der Waals surface area contributed by atoms with E-state index in [1.165, 1.54) is 23.1 Å². The Morgan fingerprint density at radius 3 is 2.92 bits per heavy atom. The van der Waals surface area contributed by atoms with Gasteiger partial charge in [-0.2, -0.15) is 0 Å². The molecule has 1 aromatic rings.